The Labute approximate surface area is 127 Å². The third-order valence-corrected chi connectivity index (χ3v) is 7.88. The van der Waals surface area contributed by atoms with Crippen molar-refractivity contribution in [1.29, 1.82) is 0 Å². The average Bonchev–Trinajstić information content (AvgIpc) is 2.92. The van der Waals surface area contributed by atoms with Crippen molar-refractivity contribution in [2.45, 2.75) is 76.6 Å². The van der Waals surface area contributed by atoms with Crippen molar-refractivity contribution in [2.75, 3.05) is 0 Å². The molecule has 3 heteroatoms. The van der Waals surface area contributed by atoms with Crippen LogP contribution >= 0.6 is 0 Å². The monoisotopic (exact) mass is 294 g/mol. The molecule has 4 fully saturated rings. The third-order valence-electron chi connectivity index (χ3n) is 7.88. The lowest BCUT2D eigenvalue weighted by Crippen LogP contribution is -2.53. The van der Waals surface area contributed by atoms with Crippen LogP contribution in [0.2, 0.25) is 0 Å². The quantitative estimate of drug-likeness (QED) is 0.652. The molecule has 0 amide bonds. The molecule has 4 rings (SSSR count). The van der Waals surface area contributed by atoms with E-state index in [2.05, 4.69) is 0 Å². The number of aliphatic hydroxyl groups is 3. The molecule has 3 nitrogen and oxygen atoms in total. The Bertz CT molecular complexity index is 396. The summed E-state index contributed by atoms with van der Waals surface area (Å²) >= 11 is 0. The fraction of sp³-hybridized carbons (Fsp3) is 1.00. The second-order valence-corrected chi connectivity index (χ2v) is 8.38. The fourth-order valence-electron chi connectivity index (χ4n) is 7.02. The van der Waals surface area contributed by atoms with E-state index in [-0.39, 0.29) is 11.5 Å². The maximum absolute atomic E-state index is 10.3. The molecule has 4 aliphatic rings. The van der Waals surface area contributed by atoms with Gasteiger partial charge in [0.25, 0.3) is 0 Å². The van der Waals surface area contributed by atoms with E-state index in [0.29, 0.717) is 23.7 Å². The van der Waals surface area contributed by atoms with Crippen LogP contribution in [0.1, 0.15) is 64.2 Å². The van der Waals surface area contributed by atoms with Crippen molar-refractivity contribution < 1.29 is 15.3 Å². The van der Waals surface area contributed by atoms with E-state index in [4.69, 9.17) is 0 Å². The van der Waals surface area contributed by atoms with Gasteiger partial charge in [0, 0.05) is 5.41 Å². The van der Waals surface area contributed by atoms with Gasteiger partial charge in [-0.15, -0.1) is 0 Å². The Morgan fingerprint density at radius 2 is 1.48 bits per heavy atom. The lowest BCUT2D eigenvalue weighted by molar-refractivity contribution is -0.193. The molecule has 4 aliphatic carbocycles. The van der Waals surface area contributed by atoms with E-state index < -0.39 is 6.29 Å². The van der Waals surface area contributed by atoms with E-state index in [1.54, 1.807) is 0 Å². The Morgan fingerprint density at radius 3 is 2.29 bits per heavy atom. The molecule has 0 aliphatic heterocycles. The summed E-state index contributed by atoms with van der Waals surface area (Å²) in [5, 5.41) is 30.4. The highest BCUT2D eigenvalue weighted by Gasteiger charge is 2.58. The van der Waals surface area contributed by atoms with Gasteiger partial charge >= 0.3 is 0 Å². The minimum atomic E-state index is -1.12. The number of hydrogen-bond donors (Lipinski definition) is 3. The van der Waals surface area contributed by atoms with Crippen molar-refractivity contribution in [3.63, 3.8) is 0 Å². The number of hydrogen-bond acceptors (Lipinski definition) is 3. The maximum Gasteiger partial charge on any atom is 0.157 e. The summed E-state index contributed by atoms with van der Waals surface area (Å²) in [5.74, 6) is 3.20. The van der Waals surface area contributed by atoms with Crippen LogP contribution < -0.4 is 0 Å². The molecular formula is C18H30O3. The van der Waals surface area contributed by atoms with Crippen molar-refractivity contribution in [1.82, 2.24) is 0 Å². The predicted octanol–water partition coefficient (Wildman–Crippen LogP) is 2.68. The van der Waals surface area contributed by atoms with E-state index in [1.807, 2.05) is 0 Å². The molecule has 4 saturated carbocycles. The molecule has 0 heterocycles. The first kappa shape index (κ1) is 14.5. The maximum atomic E-state index is 10.3. The first-order valence-corrected chi connectivity index (χ1v) is 9.18. The van der Waals surface area contributed by atoms with Gasteiger partial charge < -0.3 is 15.3 Å². The topological polar surface area (TPSA) is 60.7 Å². The Kier molecular flexibility index (Phi) is 3.59. The summed E-state index contributed by atoms with van der Waals surface area (Å²) < 4.78 is 0. The highest BCUT2D eigenvalue weighted by atomic mass is 16.5. The largest absolute Gasteiger partial charge is 0.393 e. The minimum Gasteiger partial charge on any atom is -0.393 e. The first-order chi connectivity index (χ1) is 10.1. The zero-order valence-corrected chi connectivity index (χ0v) is 13.0. The summed E-state index contributed by atoms with van der Waals surface area (Å²) in [6, 6.07) is 0. The molecule has 7 atom stereocenters. The highest BCUT2D eigenvalue weighted by molar-refractivity contribution is 5.06. The molecular weight excluding hydrogens is 264 g/mol. The summed E-state index contributed by atoms with van der Waals surface area (Å²) in [7, 11) is 0. The molecule has 0 spiro atoms. The fourth-order valence-corrected chi connectivity index (χ4v) is 7.02. The lowest BCUT2D eigenvalue weighted by Gasteiger charge is -2.56. The lowest BCUT2D eigenvalue weighted by atomic mass is 9.50. The highest BCUT2D eigenvalue weighted by Crippen LogP contribution is 2.63. The smallest absolute Gasteiger partial charge is 0.157 e. The van der Waals surface area contributed by atoms with Crippen LogP contribution in [0.25, 0.3) is 0 Å². The van der Waals surface area contributed by atoms with Gasteiger partial charge in [-0.2, -0.15) is 0 Å². The minimum absolute atomic E-state index is 0.0663. The van der Waals surface area contributed by atoms with E-state index in [1.165, 1.54) is 38.5 Å². The van der Waals surface area contributed by atoms with Gasteiger partial charge in [-0.1, -0.05) is 12.8 Å². The molecule has 0 aromatic heterocycles. The third kappa shape index (κ3) is 2.04. The van der Waals surface area contributed by atoms with Crippen LogP contribution in [-0.2, 0) is 0 Å². The summed E-state index contributed by atoms with van der Waals surface area (Å²) in [5.41, 5.74) is -0.193. The number of rotatable bonds is 1. The second kappa shape index (κ2) is 5.21. The first-order valence-electron chi connectivity index (χ1n) is 9.18. The van der Waals surface area contributed by atoms with Crippen molar-refractivity contribution in [2.24, 2.45) is 35.0 Å². The molecule has 0 aromatic rings. The molecule has 120 valence electrons. The zero-order chi connectivity index (χ0) is 14.6. The standard InChI is InChI=1S/C18H30O3/c19-16-5-1-3-11-12-8-10-18(17(20)21)9-2-4-15(18)13(12)6-7-14(11)16/h11-17,19-21H,1-10H2/t11-,12-,13-,14?,15+,16?,18-/m1/s1. The van der Waals surface area contributed by atoms with Crippen LogP contribution in [0.5, 0.6) is 0 Å². The van der Waals surface area contributed by atoms with E-state index in [0.717, 1.165) is 31.6 Å². The summed E-state index contributed by atoms with van der Waals surface area (Å²) in [4.78, 5) is 0. The molecule has 0 saturated heterocycles. The van der Waals surface area contributed by atoms with Crippen LogP contribution in [0.15, 0.2) is 0 Å². The Hall–Kier alpha value is -0.120. The predicted molar refractivity (Wildman–Crippen MR) is 80.3 cm³/mol. The van der Waals surface area contributed by atoms with Gasteiger partial charge in [-0.3, -0.25) is 0 Å². The van der Waals surface area contributed by atoms with Gasteiger partial charge in [0.2, 0.25) is 0 Å². The van der Waals surface area contributed by atoms with Gasteiger partial charge in [0.1, 0.15) is 0 Å². The Balaban J connectivity index is 1.60. The van der Waals surface area contributed by atoms with Crippen LogP contribution in [0, 0.1) is 35.0 Å². The van der Waals surface area contributed by atoms with Crippen molar-refractivity contribution in [3.8, 4) is 0 Å². The normalized spacial score (nSPS) is 53.1. The van der Waals surface area contributed by atoms with Gasteiger partial charge in [0.15, 0.2) is 6.29 Å². The van der Waals surface area contributed by atoms with E-state index >= 15 is 0 Å². The van der Waals surface area contributed by atoms with Gasteiger partial charge in [-0.05, 0) is 81.0 Å². The zero-order valence-electron chi connectivity index (χ0n) is 13.0. The number of fused-ring (bicyclic) bond motifs is 5. The van der Waals surface area contributed by atoms with Crippen LogP contribution in [-0.4, -0.2) is 27.7 Å². The molecule has 0 radical (unpaired) electrons. The molecule has 0 bridgehead atoms. The van der Waals surface area contributed by atoms with E-state index in [9.17, 15) is 15.3 Å². The summed E-state index contributed by atoms with van der Waals surface area (Å²) in [6.45, 7) is 0. The molecule has 21 heavy (non-hydrogen) atoms. The second-order valence-electron chi connectivity index (χ2n) is 8.38. The Morgan fingerprint density at radius 1 is 0.714 bits per heavy atom. The van der Waals surface area contributed by atoms with Crippen molar-refractivity contribution >= 4 is 0 Å². The summed E-state index contributed by atoms with van der Waals surface area (Å²) in [6.07, 6.45) is 10.2. The van der Waals surface area contributed by atoms with Gasteiger partial charge in [0.05, 0.1) is 6.10 Å². The number of aliphatic hydroxyl groups excluding tert-OH is 2. The average molecular weight is 294 g/mol. The van der Waals surface area contributed by atoms with Gasteiger partial charge in [-0.25, -0.2) is 0 Å². The molecule has 2 unspecified atom stereocenters. The molecule has 3 N–H and O–H groups in total. The van der Waals surface area contributed by atoms with Crippen LogP contribution in [0.3, 0.4) is 0 Å². The molecule has 0 aromatic carbocycles. The SMILES string of the molecule is OC1CCC[C@H]2C1CC[C@@H]1[C@@H]2CC[C@]2(C(O)O)CCC[C@@H]12. The van der Waals surface area contributed by atoms with Crippen molar-refractivity contribution in [3.05, 3.63) is 0 Å². The van der Waals surface area contributed by atoms with Crippen LogP contribution in [0.4, 0.5) is 0 Å².